The number of hydrogen-bond donors (Lipinski definition) is 0. The zero-order valence-electron chi connectivity index (χ0n) is 12.3. The molecule has 0 aromatic heterocycles. The number of nitro groups is 1. The molecule has 0 saturated carbocycles. The quantitative estimate of drug-likeness (QED) is 0.623. The van der Waals surface area contributed by atoms with Gasteiger partial charge in [-0.15, -0.1) is 0 Å². The standard InChI is InChI=1S/C15H19N3O4/c19-15(16-8-10-22-11-9-16)14-6-3-7-17(14)12-4-1-2-5-13(12)18(20)21/h1-2,4-5,14H,3,6-11H2/t14-/m0/s1. The molecule has 2 saturated heterocycles. The summed E-state index contributed by atoms with van der Waals surface area (Å²) in [5.74, 6) is 0.0546. The van der Waals surface area contributed by atoms with E-state index in [2.05, 4.69) is 0 Å². The Morgan fingerprint density at radius 1 is 1.23 bits per heavy atom. The van der Waals surface area contributed by atoms with E-state index in [-0.39, 0.29) is 22.6 Å². The summed E-state index contributed by atoms with van der Waals surface area (Å²) in [7, 11) is 0. The highest BCUT2D eigenvalue weighted by Gasteiger charge is 2.36. The van der Waals surface area contributed by atoms with Crippen molar-refractivity contribution >= 4 is 17.3 Å². The van der Waals surface area contributed by atoms with E-state index in [0.29, 0.717) is 38.5 Å². The fourth-order valence-corrected chi connectivity index (χ4v) is 3.17. The predicted molar refractivity (Wildman–Crippen MR) is 80.9 cm³/mol. The summed E-state index contributed by atoms with van der Waals surface area (Å²) in [5, 5.41) is 11.2. The lowest BCUT2D eigenvalue weighted by Gasteiger charge is -2.33. The molecule has 1 aromatic carbocycles. The van der Waals surface area contributed by atoms with Crippen LogP contribution in [0.4, 0.5) is 11.4 Å². The van der Waals surface area contributed by atoms with Crippen LogP contribution in [0.3, 0.4) is 0 Å². The Labute approximate surface area is 128 Å². The van der Waals surface area contributed by atoms with Gasteiger partial charge in [-0.2, -0.15) is 0 Å². The molecule has 1 aromatic rings. The number of rotatable bonds is 3. The molecule has 1 atom stereocenters. The lowest BCUT2D eigenvalue weighted by Crippen LogP contribution is -2.49. The summed E-state index contributed by atoms with van der Waals surface area (Å²) in [5.41, 5.74) is 0.598. The smallest absolute Gasteiger partial charge is 0.292 e. The molecule has 7 nitrogen and oxygen atoms in total. The van der Waals surface area contributed by atoms with Crippen molar-refractivity contribution in [3.63, 3.8) is 0 Å². The summed E-state index contributed by atoms with van der Waals surface area (Å²) >= 11 is 0. The van der Waals surface area contributed by atoms with Crippen molar-refractivity contribution in [1.29, 1.82) is 0 Å². The Hall–Kier alpha value is -2.15. The van der Waals surface area contributed by atoms with Crippen molar-refractivity contribution in [2.45, 2.75) is 18.9 Å². The number of benzene rings is 1. The Morgan fingerprint density at radius 2 is 1.95 bits per heavy atom. The zero-order valence-corrected chi connectivity index (χ0v) is 12.3. The molecule has 118 valence electrons. The van der Waals surface area contributed by atoms with E-state index in [1.807, 2.05) is 4.90 Å². The van der Waals surface area contributed by atoms with Crippen molar-refractivity contribution in [3.8, 4) is 0 Å². The van der Waals surface area contributed by atoms with E-state index in [4.69, 9.17) is 4.74 Å². The Kier molecular flexibility index (Phi) is 4.24. The fraction of sp³-hybridized carbons (Fsp3) is 0.533. The van der Waals surface area contributed by atoms with Gasteiger partial charge < -0.3 is 14.5 Å². The van der Waals surface area contributed by atoms with Crippen LogP contribution in [0.5, 0.6) is 0 Å². The first-order valence-electron chi connectivity index (χ1n) is 7.55. The molecule has 3 rings (SSSR count). The molecule has 2 heterocycles. The first-order chi connectivity index (χ1) is 10.7. The van der Waals surface area contributed by atoms with E-state index in [9.17, 15) is 14.9 Å². The van der Waals surface area contributed by atoms with Crippen molar-refractivity contribution in [2.24, 2.45) is 0 Å². The van der Waals surface area contributed by atoms with Gasteiger partial charge in [0.05, 0.1) is 18.1 Å². The molecule has 2 aliphatic heterocycles. The molecule has 0 aliphatic carbocycles. The number of carbonyl (C=O) groups excluding carboxylic acids is 1. The lowest BCUT2D eigenvalue weighted by molar-refractivity contribution is -0.384. The van der Waals surface area contributed by atoms with Crippen LogP contribution in [0.2, 0.25) is 0 Å². The van der Waals surface area contributed by atoms with Gasteiger partial charge in [-0.25, -0.2) is 0 Å². The van der Waals surface area contributed by atoms with Gasteiger partial charge in [0.2, 0.25) is 5.91 Å². The van der Waals surface area contributed by atoms with Crippen LogP contribution >= 0.6 is 0 Å². The van der Waals surface area contributed by atoms with Crippen LogP contribution in [0.15, 0.2) is 24.3 Å². The fourth-order valence-electron chi connectivity index (χ4n) is 3.17. The van der Waals surface area contributed by atoms with Gasteiger partial charge in [0.25, 0.3) is 5.69 Å². The zero-order chi connectivity index (χ0) is 15.5. The first kappa shape index (κ1) is 14.8. The van der Waals surface area contributed by atoms with Crippen molar-refractivity contribution < 1.29 is 14.5 Å². The third-order valence-electron chi connectivity index (χ3n) is 4.25. The van der Waals surface area contributed by atoms with Gasteiger partial charge >= 0.3 is 0 Å². The van der Waals surface area contributed by atoms with Gasteiger partial charge in [0, 0.05) is 25.7 Å². The topological polar surface area (TPSA) is 75.9 Å². The Morgan fingerprint density at radius 3 is 2.68 bits per heavy atom. The molecule has 2 aliphatic rings. The minimum atomic E-state index is -0.385. The van der Waals surface area contributed by atoms with Gasteiger partial charge in [-0.3, -0.25) is 14.9 Å². The number of nitrogens with zero attached hydrogens (tertiary/aromatic N) is 3. The molecular formula is C15H19N3O4. The average Bonchev–Trinajstić information content (AvgIpc) is 3.04. The van der Waals surface area contributed by atoms with Crippen LogP contribution in [-0.4, -0.2) is 54.6 Å². The highest BCUT2D eigenvalue weighted by atomic mass is 16.6. The average molecular weight is 305 g/mol. The maximum absolute atomic E-state index is 12.7. The van der Waals surface area contributed by atoms with Crippen LogP contribution in [0.1, 0.15) is 12.8 Å². The first-order valence-corrected chi connectivity index (χ1v) is 7.55. The van der Waals surface area contributed by atoms with E-state index < -0.39 is 0 Å². The minimum absolute atomic E-state index is 0.0546. The van der Waals surface area contributed by atoms with Gasteiger partial charge in [-0.1, -0.05) is 12.1 Å². The Balaban J connectivity index is 1.84. The number of ether oxygens (including phenoxy) is 1. The summed E-state index contributed by atoms with van der Waals surface area (Å²) in [6, 6.07) is 6.33. The largest absolute Gasteiger partial charge is 0.378 e. The summed E-state index contributed by atoms with van der Waals surface area (Å²) < 4.78 is 5.28. The van der Waals surface area contributed by atoms with Crippen LogP contribution < -0.4 is 4.90 Å². The van der Waals surface area contributed by atoms with Crippen molar-refractivity contribution in [2.75, 3.05) is 37.7 Å². The second-order valence-electron chi connectivity index (χ2n) is 5.53. The highest BCUT2D eigenvalue weighted by Crippen LogP contribution is 2.33. The molecule has 22 heavy (non-hydrogen) atoms. The van der Waals surface area contributed by atoms with Crippen LogP contribution in [0.25, 0.3) is 0 Å². The molecule has 2 fully saturated rings. The highest BCUT2D eigenvalue weighted by molar-refractivity contribution is 5.87. The molecule has 1 amide bonds. The predicted octanol–water partition coefficient (Wildman–Crippen LogP) is 1.42. The SMILES string of the molecule is O=C([C@@H]1CCCN1c1ccccc1[N+](=O)[O-])N1CCOCC1. The summed E-state index contributed by atoms with van der Waals surface area (Å²) in [6.45, 7) is 2.99. The van der Waals surface area contributed by atoms with E-state index in [1.165, 1.54) is 6.07 Å². The number of morpholine rings is 1. The van der Waals surface area contributed by atoms with Crippen molar-refractivity contribution in [3.05, 3.63) is 34.4 Å². The molecule has 7 heteroatoms. The maximum atomic E-state index is 12.7. The number of anilines is 1. The monoisotopic (exact) mass is 305 g/mol. The lowest BCUT2D eigenvalue weighted by atomic mass is 10.1. The number of amides is 1. The molecule has 0 unspecified atom stereocenters. The van der Waals surface area contributed by atoms with Crippen LogP contribution in [-0.2, 0) is 9.53 Å². The Bertz CT molecular complexity index is 572. The summed E-state index contributed by atoms with van der Waals surface area (Å²) in [6.07, 6.45) is 1.61. The maximum Gasteiger partial charge on any atom is 0.292 e. The molecule has 0 spiro atoms. The molecule has 0 bridgehead atoms. The number of para-hydroxylation sites is 2. The second-order valence-corrected chi connectivity index (χ2v) is 5.53. The van der Waals surface area contributed by atoms with Crippen molar-refractivity contribution in [1.82, 2.24) is 4.90 Å². The number of nitro benzene ring substituents is 1. The number of carbonyl (C=O) groups is 1. The molecule has 0 radical (unpaired) electrons. The third-order valence-corrected chi connectivity index (χ3v) is 4.25. The van der Waals surface area contributed by atoms with E-state index in [1.54, 1.807) is 23.1 Å². The normalized spacial score (nSPS) is 21.9. The molecular weight excluding hydrogens is 286 g/mol. The number of hydrogen-bond acceptors (Lipinski definition) is 5. The third kappa shape index (κ3) is 2.76. The van der Waals surface area contributed by atoms with Crippen LogP contribution in [0, 0.1) is 10.1 Å². The molecule has 0 N–H and O–H groups in total. The van der Waals surface area contributed by atoms with E-state index >= 15 is 0 Å². The van der Waals surface area contributed by atoms with Gasteiger partial charge in [0.1, 0.15) is 11.7 Å². The second kappa shape index (κ2) is 6.31. The van der Waals surface area contributed by atoms with E-state index in [0.717, 1.165) is 12.8 Å². The summed E-state index contributed by atoms with van der Waals surface area (Å²) in [4.78, 5) is 27.3. The minimum Gasteiger partial charge on any atom is -0.378 e. The van der Waals surface area contributed by atoms with Gasteiger partial charge in [-0.05, 0) is 18.9 Å². The van der Waals surface area contributed by atoms with Gasteiger partial charge in [0.15, 0.2) is 0 Å².